The maximum Gasteiger partial charge on any atom is 0.153 e. The molecule has 1 aromatic heterocycles. The summed E-state index contributed by atoms with van der Waals surface area (Å²) < 4.78 is 11.1. The van der Waals surface area contributed by atoms with Crippen LogP contribution in [0.3, 0.4) is 0 Å². The van der Waals surface area contributed by atoms with E-state index < -0.39 is 0 Å². The summed E-state index contributed by atoms with van der Waals surface area (Å²) in [5.74, 6) is 1.96. The van der Waals surface area contributed by atoms with Crippen molar-refractivity contribution in [3.8, 4) is 17.2 Å². The smallest absolute Gasteiger partial charge is 0.153 e. The average molecular weight is 266 g/mol. The molecule has 2 N–H and O–H groups in total. The van der Waals surface area contributed by atoms with Crippen molar-refractivity contribution >= 4 is 16.6 Å². The van der Waals surface area contributed by atoms with Crippen LogP contribution in [0.1, 0.15) is 0 Å². The molecule has 100 valence electrons. The molecule has 0 amide bonds. The van der Waals surface area contributed by atoms with E-state index in [4.69, 9.17) is 15.2 Å². The molecule has 0 atom stereocenters. The third kappa shape index (κ3) is 2.23. The van der Waals surface area contributed by atoms with E-state index >= 15 is 0 Å². The number of hydrogen-bond acceptors (Lipinski definition) is 4. The van der Waals surface area contributed by atoms with Crippen LogP contribution in [0.2, 0.25) is 0 Å². The normalized spacial score (nSPS) is 10.4. The van der Waals surface area contributed by atoms with Gasteiger partial charge in [0.1, 0.15) is 17.0 Å². The van der Waals surface area contributed by atoms with Gasteiger partial charge in [0.15, 0.2) is 5.75 Å². The number of anilines is 1. The van der Waals surface area contributed by atoms with E-state index in [1.807, 2.05) is 30.3 Å². The Labute approximate surface area is 116 Å². The topological polar surface area (TPSA) is 57.4 Å². The molecule has 0 fully saturated rings. The second-order valence-electron chi connectivity index (χ2n) is 4.34. The van der Waals surface area contributed by atoms with Crippen molar-refractivity contribution in [2.24, 2.45) is 0 Å². The van der Waals surface area contributed by atoms with Gasteiger partial charge in [-0.3, -0.25) is 4.98 Å². The highest BCUT2D eigenvalue weighted by Crippen LogP contribution is 2.32. The summed E-state index contributed by atoms with van der Waals surface area (Å²) in [6, 6.07) is 15.0. The molecule has 0 aliphatic carbocycles. The van der Waals surface area contributed by atoms with E-state index in [1.165, 1.54) is 0 Å². The molecule has 0 unspecified atom stereocenters. The fourth-order valence-corrected chi connectivity index (χ4v) is 2.04. The van der Waals surface area contributed by atoms with Gasteiger partial charge in [0, 0.05) is 17.6 Å². The highest BCUT2D eigenvalue weighted by Gasteiger charge is 2.06. The number of rotatable bonds is 3. The maximum atomic E-state index is 5.89. The van der Waals surface area contributed by atoms with E-state index in [0.29, 0.717) is 22.9 Å². The lowest BCUT2D eigenvalue weighted by molar-refractivity contribution is 0.411. The van der Waals surface area contributed by atoms with Crippen molar-refractivity contribution < 1.29 is 9.47 Å². The van der Waals surface area contributed by atoms with E-state index in [-0.39, 0.29) is 0 Å². The van der Waals surface area contributed by atoms with Gasteiger partial charge < -0.3 is 15.2 Å². The number of ether oxygens (including phenoxy) is 2. The zero-order chi connectivity index (χ0) is 13.9. The summed E-state index contributed by atoms with van der Waals surface area (Å²) in [6.07, 6.45) is 1.75. The number of nitrogens with two attached hydrogens (primary N) is 1. The zero-order valence-electron chi connectivity index (χ0n) is 11.0. The van der Waals surface area contributed by atoms with Crippen LogP contribution in [-0.2, 0) is 0 Å². The molecular formula is C16H14N2O2. The molecule has 0 saturated carbocycles. The number of methoxy groups -OCH3 is 1. The van der Waals surface area contributed by atoms with Gasteiger partial charge in [0.05, 0.1) is 12.8 Å². The van der Waals surface area contributed by atoms with Gasteiger partial charge in [-0.25, -0.2) is 0 Å². The van der Waals surface area contributed by atoms with Crippen molar-refractivity contribution in [1.29, 1.82) is 0 Å². The lowest BCUT2D eigenvalue weighted by Gasteiger charge is -2.10. The Kier molecular flexibility index (Phi) is 3.13. The zero-order valence-corrected chi connectivity index (χ0v) is 11.0. The van der Waals surface area contributed by atoms with Crippen LogP contribution in [0.15, 0.2) is 54.7 Å². The Balaban J connectivity index is 2.01. The van der Waals surface area contributed by atoms with Crippen LogP contribution in [0.5, 0.6) is 17.2 Å². The third-order valence-electron chi connectivity index (χ3n) is 3.03. The lowest BCUT2D eigenvalue weighted by Crippen LogP contribution is -1.93. The summed E-state index contributed by atoms with van der Waals surface area (Å²) in [5, 5.41) is 1.03. The number of para-hydroxylation sites is 1. The van der Waals surface area contributed by atoms with Gasteiger partial charge in [-0.2, -0.15) is 0 Å². The minimum atomic E-state index is 0.580. The van der Waals surface area contributed by atoms with Crippen molar-refractivity contribution in [1.82, 2.24) is 4.98 Å². The van der Waals surface area contributed by atoms with Crippen LogP contribution in [0.25, 0.3) is 10.9 Å². The van der Waals surface area contributed by atoms with Crippen molar-refractivity contribution in [2.75, 3.05) is 12.8 Å². The standard InChI is InChI=1S/C16H14N2O2/c1-19-15-10-12(7-8-13(15)17)20-14-6-2-4-11-5-3-9-18-16(11)14/h2-10H,17H2,1H3. The van der Waals surface area contributed by atoms with Crippen LogP contribution >= 0.6 is 0 Å². The largest absolute Gasteiger partial charge is 0.494 e. The summed E-state index contributed by atoms with van der Waals surface area (Å²) in [5.41, 5.74) is 7.20. The predicted octanol–water partition coefficient (Wildman–Crippen LogP) is 3.62. The van der Waals surface area contributed by atoms with Gasteiger partial charge in [-0.05, 0) is 24.3 Å². The number of pyridine rings is 1. The van der Waals surface area contributed by atoms with Crippen molar-refractivity contribution in [3.63, 3.8) is 0 Å². The van der Waals surface area contributed by atoms with E-state index in [1.54, 1.807) is 31.5 Å². The van der Waals surface area contributed by atoms with Gasteiger partial charge in [0.25, 0.3) is 0 Å². The molecule has 0 saturated heterocycles. The highest BCUT2D eigenvalue weighted by molar-refractivity contribution is 5.84. The molecule has 0 aliphatic rings. The van der Waals surface area contributed by atoms with Crippen LogP contribution < -0.4 is 15.2 Å². The van der Waals surface area contributed by atoms with Gasteiger partial charge in [-0.1, -0.05) is 18.2 Å². The number of aromatic nitrogens is 1. The molecule has 0 spiro atoms. The first kappa shape index (κ1) is 12.3. The van der Waals surface area contributed by atoms with Crippen molar-refractivity contribution in [3.05, 3.63) is 54.7 Å². The van der Waals surface area contributed by atoms with E-state index in [2.05, 4.69) is 4.98 Å². The highest BCUT2D eigenvalue weighted by atomic mass is 16.5. The minimum Gasteiger partial charge on any atom is -0.494 e. The monoisotopic (exact) mass is 266 g/mol. The number of nitrogens with zero attached hydrogens (tertiary/aromatic N) is 1. The Morgan fingerprint density at radius 2 is 1.85 bits per heavy atom. The number of fused-ring (bicyclic) bond motifs is 1. The first-order chi connectivity index (χ1) is 9.78. The second kappa shape index (κ2) is 5.09. The maximum absolute atomic E-state index is 5.89. The Hall–Kier alpha value is -2.75. The fraction of sp³-hybridized carbons (Fsp3) is 0.0625. The van der Waals surface area contributed by atoms with E-state index in [9.17, 15) is 0 Å². The third-order valence-corrected chi connectivity index (χ3v) is 3.03. The van der Waals surface area contributed by atoms with Crippen molar-refractivity contribution in [2.45, 2.75) is 0 Å². The molecule has 20 heavy (non-hydrogen) atoms. The first-order valence-electron chi connectivity index (χ1n) is 6.23. The molecule has 4 heteroatoms. The number of hydrogen-bond donors (Lipinski definition) is 1. The molecule has 3 rings (SSSR count). The van der Waals surface area contributed by atoms with Crippen LogP contribution in [-0.4, -0.2) is 12.1 Å². The van der Waals surface area contributed by atoms with Gasteiger partial charge in [-0.15, -0.1) is 0 Å². The molecule has 2 aromatic carbocycles. The Morgan fingerprint density at radius 1 is 1.00 bits per heavy atom. The molecule has 4 nitrogen and oxygen atoms in total. The SMILES string of the molecule is COc1cc(Oc2cccc3cccnc23)ccc1N. The average Bonchev–Trinajstić information content (AvgIpc) is 2.49. The van der Waals surface area contributed by atoms with Gasteiger partial charge >= 0.3 is 0 Å². The second-order valence-corrected chi connectivity index (χ2v) is 4.34. The quantitative estimate of drug-likeness (QED) is 0.736. The molecule has 1 heterocycles. The van der Waals surface area contributed by atoms with Crippen LogP contribution in [0.4, 0.5) is 5.69 Å². The molecule has 0 bridgehead atoms. The molecular weight excluding hydrogens is 252 g/mol. The minimum absolute atomic E-state index is 0.580. The summed E-state index contributed by atoms with van der Waals surface area (Å²) in [4.78, 5) is 4.36. The van der Waals surface area contributed by atoms with Gasteiger partial charge in [0.2, 0.25) is 0 Å². The fourth-order valence-electron chi connectivity index (χ4n) is 2.04. The Bertz CT molecular complexity index is 751. The van der Waals surface area contributed by atoms with Crippen LogP contribution in [0, 0.1) is 0 Å². The molecule has 0 radical (unpaired) electrons. The number of benzene rings is 2. The summed E-state index contributed by atoms with van der Waals surface area (Å²) in [7, 11) is 1.58. The molecule has 3 aromatic rings. The number of nitrogen functional groups attached to an aromatic ring is 1. The summed E-state index contributed by atoms with van der Waals surface area (Å²) >= 11 is 0. The lowest BCUT2D eigenvalue weighted by atomic mass is 10.2. The Morgan fingerprint density at radius 3 is 2.70 bits per heavy atom. The first-order valence-corrected chi connectivity index (χ1v) is 6.23. The summed E-state index contributed by atoms with van der Waals surface area (Å²) in [6.45, 7) is 0. The van der Waals surface area contributed by atoms with E-state index in [0.717, 1.165) is 10.9 Å². The predicted molar refractivity (Wildman–Crippen MR) is 79.2 cm³/mol. The molecule has 0 aliphatic heterocycles.